The zero-order valence-electron chi connectivity index (χ0n) is 10.4. The van der Waals surface area contributed by atoms with E-state index >= 15 is 0 Å². The van der Waals surface area contributed by atoms with Gasteiger partial charge in [0.2, 0.25) is 0 Å². The molecule has 2 rings (SSSR count). The molecule has 2 unspecified atom stereocenters. The second-order valence-electron chi connectivity index (χ2n) is 4.79. The molecule has 2 atom stereocenters. The summed E-state index contributed by atoms with van der Waals surface area (Å²) in [7, 11) is 0. The summed E-state index contributed by atoms with van der Waals surface area (Å²) in [4.78, 5) is 0. The summed E-state index contributed by atoms with van der Waals surface area (Å²) in [5.74, 6) is 1.25. The van der Waals surface area contributed by atoms with Gasteiger partial charge in [0.25, 0.3) is 0 Å². The van der Waals surface area contributed by atoms with Gasteiger partial charge in [0.15, 0.2) is 0 Å². The molecular weight excluding hydrogens is 214 g/mol. The minimum Gasteiger partial charge on any atom is -0.312 e. The van der Waals surface area contributed by atoms with Gasteiger partial charge in [-0.3, -0.25) is 0 Å². The van der Waals surface area contributed by atoms with E-state index in [-0.39, 0.29) is 0 Å². The molecule has 1 heterocycles. The van der Waals surface area contributed by atoms with Gasteiger partial charge in [0.05, 0.1) is 0 Å². The standard InChI is InChI=1S/C14H21NS/c1-10-4-5-11(2)13(8-10)9-14-12(3)15-6-7-16-14/h4-5,8,12,14-15H,6-7,9H2,1-3H3. The molecule has 1 aromatic carbocycles. The summed E-state index contributed by atoms with van der Waals surface area (Å²) in [5.41, 5.74) is 4.33. The predicted octanol–water partition coefficient (Wildman–Crippen LogP) is 2.94. The summed E-state index contributed by atoms with van der Waals surface area (Å²) >= 11 is 2.12. The first-order chi connectivity index (χ1) is 7.66. The fourth-order valence-electron chi connectivity index (χ4n) is 2.25. The molecule has 88 valence electrons. The second-order valence-corrected chi connectivity index (χ2v) is 6.13. The first kappa shape index (κ1) is 12.0. The molecular formula is C14H21NS. The van der Waals surface area contributed by atoms with Crippen LogP contribution in [0.5, 0.6) is 0 Å². The molecule has 0 aliphatic carbocycles. The van der Waals surface area contributed by atoms with Crippen molar-refractivity contribution in [3.63, 3.8) is 0 Å². The Bertz CT molecular complexity index is 362. The molecule has 1 N–H and O–H groups in total. The lowest BCUT2D eigenvalue weighted by Gasteiger charge is -2.30. The van der Waals surface area contributed by atoms with Crippen LogP contribution in [0, 0.1) is 13.8 Å². The first-order valence-electron chi connectivity index (χ1n) is 6.08. The predicted molar refractivity (Wildman–Crippen MR) is 73.3 cm³/mol. The largest absolute Gasteiger partial charge is 0.312 e. The Kier molecular flexibility index (Phi) is 3.93. The molecule has 1 saturated heterocycles. The highest BCUT2D eigenvalue weighted by atomic mass is 32.2. The fraction of sp³-hybridized carbons (Fsp3) is 0.571. The highest BCUT2D eigenvalue weighted by Crippen LogP contribution is 2.24. The number of aryl methyl sites for hydroxylation is 2. The summed E-state index contributed by atoms with van der Waals surface area (Å²) in [6, 6.07) is 7.43. The molecule has 0 saturated carbocycles. The highest BCUT2D eigenvalue weighted by Gasteiger charge is 2.21. The average molecular weight is 235 g/mol. The molecule has 2 heteroatoms. The molecule has 0 aromatic heterocycles. The quantitative estimate of drug-likeness (QED) is 0.846. The van der Waals surface area contributed by atoms with Crippen LogP contribution < -0.4 is 5.32 Å². The van der Waals surface area contributed by atoms with Gasteiger partial charge in [0, 0.05) is 23.6 Å². The summed E-state index contributed by atoms with van der Waals surface area (Å²) in [6.45, 7) is 7.87. The SMILES string of the molecule is Cc1ccc(C)c(CC2SCCNC2C)c1. The van der Waals surface area contributed by atoms with E-state index in [1.807, 2.05) is 0 Å². The second kappa shape index (κ2) is 5.24. The van der Waals surface area contributed by atoms with Crippen molar-refractivity contribution in [2.45, 2.75) is 38.5 Å². The van der Waals surface area contributed by atoms with E-state index in [1.54, 1.807) is 0 Å². The third-order valence-electron chi connectivity index (χ3n) is 3.38. The van der Waals surface area contributed by atoms with E-state index < -0.39 is 0 Å². The average Bonchev–Trinajstić information content (AvgIpc) is 2.27. The Hall–Kier alpha value is -0.470. The molecule has 1 aliphatic heterocycles. The molecule has 1 aliphatic rings. The van der Waals surface area contributed by atoms with E-state index in [0.29, 0.717) is 6.04 Å². The van der Waals surface area contributed by atoms with E-state index in [2.05, 4.69) is 56.0 Å². The lowest BCUT2D eigenvalue weighted by atomic mass is 9.99. The minimum atomic E-state index is 0.638. The number of rotatable bonds is 2. The van der Waals surface area contributed by atoms with Gasteiger partial charge in [-0.1, -0.05) is 23.8 Å². The Balaban J connectivity index is 2.10. The van der Waals surface area contributed by atoms with Gasteiger partial charge < -0.3 is 5.32 Å². The molecule has 1 nitrogen and oxygen atoms in total. The number of benzene rings is 1. The maximum absolute atomic E-state index is 3.57. The summed E-state index contributed by atoms with van der Waals surface area (Å²) in [6.07, 6.45) is 1.20. The molecule has 0 amide bonds. The van der Waals surface area contributed by atoms with Gasteiger partial charge in [-0.05, 0) is 38.3 Å². The van der Waals surface area contributed by atoms with Crippen molar-refractivity contribution in [2.75, 3.05) is 12.3 Å². The molecule has 1 aromatic rings. The van der Waals surface area contributed by atoms with Crippen LogP contribution in [0.3, 0.4) is 0 Å². The minimum absolute atomic E-state index is 0.638. The van der Waals surface area contributed by atoms with Crippen LogP contribution in [0.2, 0.25) is 0 Å². The van der Waals surface area contributed by atoms with Crippen LogP contribution in [0.1, 0.15) is 23.6 Å². The molecule has 0 radical (unpaired) electrons. The van der Waals surface area contributed by atoms with E-state index in [4.69, 9.17) is 0 Å². The van der Waals surface area contributed by atoms with Crippen LogP contribution in [0.25, 0.3) is 0 Å². The summed E-state index contributed by atoms with van der Waals surface area (Å²) < 4.78 is 0. The smallest absolute Gasteiger partial charge is 0.0239 e. The number of hydrogen-bond acceptors (Lipinski definition) is 2. The normalized spacial score (nSPS) is 25.7. The van der Waals surface area contributed by atoms with Crippen molar-refractivity contribution in [1.82, 2.24) is 5.32 Å². The Morgan fingerprint density at radius 1 is 1.38 bits per heavy atom. The Morgan fingerprint density at radius 3 is 2.94 bits per heavy atom. The van der Waals surface area contributed by atoms with Crippen molar-refractivity contribution in [3.8, 4) is 0 Å². The van der Waals surface area contributed by atoms with Gasteiger partial charge in [-0.15, -0.1) is 0 Å². The summed E-state index contributed by atoms with van der Waals surface area (Å²) in [5, 5.41) is 4.30. The Labute approximate surface area is 103 Å². The lowest BCUT2D eigenvalue weighted by Crippen LogP contribution is -2.42. The Morgan fingerprint density at radius 2 is 2.19 bits per heavy atom. The third-order valence-corrected chi connectivity index (χ3v) is 4.83. The monoisotopic (exact) mass is 235 g/mol. The number of hydrogen-bond donors (Lipinski definition) is 1. The number of thioether (sulfide) groups is 1. The fourth-order valence-corrected chi connectivity index (χ4v) is 3.47. The first-order valence-corrected chi connectivity index (χ1v) is 7.13. The van der Waals surface area contributed by atoms with Gasteiger partial charge in [-0.2, -0.15) is 11.8 Å². The van der Waals surface area contributed by atoms with Crippen LogP contribution in [-0.2, 0) is 6.42 Å². The van der Waals surface area contributed by atoms with Crippen LogP contribution in [-0.4, -0.2) is 23.6 Å². The van der Waals surface area contributed by atoms with Crippen molar-refractivity contribution in [3.05, 3.63) is 34.9 Å². The van der Waals surface area contributed by atoms with Gasteiger partial charge in [-0.25, -0.2) is 0 Å². The maximum Gasteiger partial charge on any atom is 0.0239 e. The topological polar surface area (TPSA) is 12.0 Å². The van der Waals surface area contributed by atoms with Crippen molar-refractivity contribution in [1.29, 1.82) is 0 Å². The van der Waals surface area contributed by atoms with E-state index in [9.17, 15) is 0 Å². The van der Waals surface area contributed by atoms with Gasteiger partial charge >= 0.3 is 0 Å². The van der Waals surface area contributed by atoms with Crippen LogP contribution >= 0.6 is 11.8 Å². The molecule has 0 bridgehead atoms. The third kappa shape index (κ3) is 2.80. The maximum atomic E-state index is 3.57. The van der Waals surface area contributed by atoms with E-state index in [1.165, 1.54) is 28.9 Å². The number of nitrogens with one attached hydrogen (secondary N) is 1. The molecule has 1 fully saturated rings. The van der Waals surface area contributed by atoms with E-state index in [0.717, 1.165) is 11.8 Å². The molecule has 0 spiro atoms. The zero-order valence-corrected chi connectivity index (χ0v) is 11.2. The highest BCUT2D eigenvalue weighted by molar-refractivity contribution is 8.00. The molecule has 16 heavy (non-hydrogen) atoms. The van der Waals surface area contributed by atoms with Crippen molar-refractivity contribution < 1.29 is 0 Å². The van der Waals surface area contributed by atoms with Crippen molar-refractivity contribution in [2.24, 2.45) is 0 Å². The van der Waals surface area contributed by atoms with Crippen LogP contribution in [0.15, 0.2) is 18.2 Å². The van der Waals surface area contributed by atoms with Crippen LogP contribution in [0.4, 0.5) is 0 Å². The zero-order chi connectivity index (χ0) is 11.5. The van der Waals surface area contributed by atoms with Gasteiger partial charge in [0.1, 0.15) is 0 Å². The van der Waals surface area contributed by atoms with Crippen molar-refractivity contribution >= 4 is 11.8 Å². The lowest BCUT2D eigenvalue weighted by molar-refractivity contribution is 0.528.